The molecule has 0 aliphatic carbocycles. The molecule has 1 atom stereocenters. The molecule has 2 saturated heterocycles. The smallest absolute Gasteiger partial charge is 0.227 e. The largest absolute Gasteiger partial charge is 0.389 e. The summed E-state index contributed by atoms with van der Waals surface area (Å²) in [6.45, 7) is 4.16. The summed E-state index contributed by atoms with van der Waals surface area (Å²) >= 11 is 0. The van der Waals surface area contributed by atoms with Crippen LogP contribution in [0.15, 0.2) is 30.6 Å². The monoisotopic (exact) mass is 356 g/mol. The van der Waals surface area contributed by atoms with Crippen LogP contribution >= 0.6 is 0 Å². The van der Waals surface area contributed by atoms with Gasteiger partial charge >= 0.3 is 0 Å². The summed E-state index contributed by atoms with van der Waals surface area (Å²) in [5.41, 5.74) is 2.01. The van der Waals surface area contributed by atoms with Crippen LogP contribution in [0.5, 0.6) is 0 Å². The van der Waals surface area contributed by atoms with Crippen LogP contribution in [-0.4, -0.2) is 65.6 Å². The summed E-state index contributed by atoms with van der Waals surface area (Å²) in [7, 11) is 0. The molecular weight excluding hydrogens is 332 g/mol. The Balaban J connectivity index is 1.40. The van der Waals surface area contributed by atoms with E-state index in [0.29, 0.717) is 31.6 Å². The number of aromatic nitrogens is 3. The van der Waals surface area contributed by atoms with Gasteiger partial charge in [0.2, 0.25) is 5.95 Å². The molecule has 2 aliphatic rings. The summed E-state index contributed by atoms with van der Waals surface area (Å²) in [4.78, 5) is 15.4. The molecule has 0 unspecified atom stereocenters. The SMILES string of the molecule is OC1CN(c2nc(NCCNc3cccnc3)cc([C@H]3CCOC3)n2)C1. The lowest BCUT2D eigenvalue weighted by molar-refractivity contribution is 0.140. The quantitative estimate of drug-likeness (QED) is 0.635. The number of pyridine rings is 1. The van der Waals surface area contributed by atoms with Gasteiger partial charge in [-0.05, 0) is 18.6 Å². The number of anilines is 3. The highest BCUT2D eigenvalue weighted by molar-refractivity contribution is 5.47. The molecule has 2 aromatic rings. The molecule has 0 radical (unpaired) electrons. The predicted octanol–water partition coefficient (Wildman–Crippen LogP) is 1.08. The average molecular weight is 356 g/mol. The van der Waals surface area contributed by atoms with Gasteiger partial charge in [0, 0.05) is 57.2 Å². The van der Waals surface area contributed by atoms with Crippen molar-refractivity contribution < 1.29 is 9.84 Å². The maximum atomic E-state index is 9.57. The molecule has 2 aliphatic heterocycles. The van der Waals surface area contributed by atoms with E-state index in [1.54, 1.807) is 12.4 Å². The van der Waals surface area contributed by atoms with E-state index in [1.165, 1.54) is 0 Å². The molecule has 26 heavy (non-hydrogen) atoms. The lowest BCUT2D eigenvalue weighted by Crippen LogP contribution is -2.51. The summed E-state index contributed by atoms with van der Waals surface area (Å²) in [6.07, 6.45) is 4.27. The van der Waals surface area contributed by atoms with Gasteiger partial charge in [-0.25, -0.2) is 4.98 Å². The molecule has 4 heterocycles. The molecule has 0 spiro atoms. The number of rotatable bonds is 7. The fourth-order valence-electron chi connectivity index (χ4n) is 3.15. The summed E-state index contributed by atoms with van der Waals surface area (Å²) in [5.74, 6) is 1.81. The van der Waals surface area contributed by atoms with Crippen molar-refractivity contribution in [3.63, 3.8) is 0 Å². The highest BCUT2D eigenvalue weighted by Crippen LogP contribution is 2.28. The Bertz CT molecular complexity index is 717. The highest BCUT2D eigenvalue weighted by atomic mass is 16.5. The van der Waals surface area contributed by atoms with E-state index in [-0.39, 0.29) is 6.10 Å². The van der Waals surface area contributed by atoms with Gasteiger partial charge < -0.3 is 25.4 Å². The number of hydrogen-bond donors (Lipinski definition) is 3. The first-order valence-electron chi connectivity index (χ1n) is 9.05. The van der Waals surface area contributed by atoms with Gasteiger partial charge in [0.1, 0.15) is 5.82 Å². The number of aliphatic hydroxyl groups is 1. The van der Waals surface area contributed by atoms with E-state index in [0.717, 1.165) is 43.3 Å². The number of aliphatic hydroxyl groups excluding tert-OH is 1. The molecule has 138 valence electrons. The number of hydrogen-bond acceptors (Lipinski definition) is 8. The minimum Gasteiger partial charge on any atom is -0.389 e. The van der Waals surface area contributed by atoms with Crippen LogP contribution in [0.25, 0.3) is 0 Å². The molecule has 4 rings (SSSR count). The zero-order valence-electron chi connectivity index (χ0n) is 14.6. The van der Waals surface area contributed by atoms with Crippen molar-refractivity contribution in [2.75, 3.05) is 54.9 Å². The first-order chi connectivity index (χ1) is 12.8. The summed E-state index contributed by atoms with van der Waals surface area (Å²) < 4.78 is 5.51. The molecule has 8 nitrogen and oxygen atoms in total. The molecule has 0 bridgehead atoms. The minimum atomic E-state index is -0.280. The number of nitrogens with zero attached hydrogens (tertiary/aromatic N) is 4. The van der Waals surface area contributed by atoms with E-state index in [2.05, 4.69) is 20.6 Å². The van der Waals surface area contributed by atoms with Crippen LogP contribution in [0.3, 0.4) is 0 Å². The molecule has 8 heteroatoms. The Morgan fingerprint density at radius 3 is 2.85 bits per heavy atom. The fraction of sp³-hybridized carbons (Fsp3) is 0.500. The molecular formula is C18H24N6O2. The summed E-state index contributed by atoms with van der Waals surface area (Å²) in [5, 5.41) is 16.3. The average Bonchev–Trinajstić information content (AvgIpc) is 3.18. The molecule has 2 aromatic heterocycles. The second kappa shape index (κ2) is 7.84. The van der Waals surface area contributed by atoms with Crippen LogP contribution in [0.2, 0.25) is 0 Å². The van der Waals surface area contributed by atoms with Crippen LogP contribution in [-0.2, 0) is 4.74 Å². The fourth-order valence-corrected chi connectivity index (χ4v) is 3.15. The van der Waals surface area contributed by atoms with Crippen LogP contribution in [0.4, 0.5) is 17.5 Å². The van der Waals surface area contributed by atoms with Crippen molar-refractivity contribution >= 4 is 17.5 Å². The van der Waals surface area contributed by atoms with Gasteiger partial charge in [0.15, 0.2) is 0 Å². The molecule has 3 N–H and O–H groups in total. The van der Waals surface area contributed by atoms with Crippen molar-refractivity contribution in [3.8, 4) is 0 Å². The van der Waals surface area contributed by atoms with Gasteiger partial charge in [0.25, 0.3) is 0 Å². The van der Waals surface area contributed by atoms with Crippen molar-refractivity contribution in [1.82, 2.24) is 15.0 Å². The predicted molar refractivity (Wildman–Crippen MR) is 99.6 cm³/mol. The second-order valence-corrected chi connectivity index (χ2v) is 6.69. The standard InChI is InChI=1S/C18H24N6O2/c25-15-10-24(11-15)18-22-16(13-3-7-26-12-13)8-17(23-18)21-6-5-20-14-2-1-4-19-9-14/h1-2,4,8-9,13,15,20,25H,3,5-7,10-12H2,(H,21,22,23)/t13-/m0/s1. The van der Waals surface area contributed by atoms with E-state index in [1.807, 2.05) is 23.1 Å². The third-order valence-corrected chi connectivity index (χ3v) is 4.65. The zero-order chi connectivity index (χ0) is 17.8. The van der Waals surface area contributed by atoms with E-state index in [9.17, 15) is 5.11 Å². The number of nitrogens with one attached hydrogen (secondary N) is 2. The van der Waals surface area contributed by atoms with E-state index >= 15 is 0 Å². The van der Waals surface area contributed by atoms with Crippen molar-refractivity contribution in [3.05, 3.63) is 36.3 Å². The number of β-amino-alcohol motifs (C(OH)–C–C–N with tert-alkyl or cyclic N) is 1. The maximum Gasteiger partial charge on any atom is 0.227 e. The summed E-state index contributed by atoms with van der Waals surface area (Å²) in [6, 6.07) is 5.91. The third-order valence-electron chi connectivity index (χ3n) is 4.65. The number of ether oxygens (including phenoxy) is 1. The Morgan fingerprint density at radius 2 is 2.12 bits per heavy atom. The zero-order valence-corrected chi connectivity index (χ0v) is 14.6. The first-order valence-corrected chi connectivity index (χ1v) is 9.05. The Hall–Kier alpha value is -2.45. The lowest BCUT2D eigenvalue weighted by Gasteiger charge is -2.36. The van der Waals surface area contributed by atoms with Gasteiger partial charge in [-0.2, -0.15) is 4.98 Å². The van der Waals surface area contributed by atoms with Crippen LogP contribution < -0.4 is 15.5 Å². The molecule has 2 fully saturated rings. The molecule has 0 aromatic carbocycles. The van der Waals surface area contributed by atoms with Gasteiger partial charge in [0.05, 0.1) is 24.1 Å². The topological polar surface area (TPSA) is 95.4 Å². The first kappa shape index (κ1) is 17.0. The van der Waals surface area contributed by atoms with Crippen molar-refractivity contribution in [2.24, 2.45) is 0 Å². The molecule has 0 amide bonds. The van der Waals surface area contributed by atoms with Gasteiger partial charge in [-0.15, -0.1) is 0 Å². The second-order valence-electron chi connectivity index (χ2n) is 6.69. The Morgan fingerprint density at radius 1 is 1.23 bits per heavy atom. The normalized spacial score (nSPS) is 20.0. The van der Waals surface area contributed by atoms with E-state index < -0.39 is 0 Å². The third kappa shape index (κ3) is 4.03. The highest BCUT2D eigenvalue weighted by Gasteiger charge is 2.28. The Labute approximate surface area is 152 Å². The Kier molecular flexibility index (Phi) is 5.12. The maximum absolute atomic E-state index is 9.57. The minimum absolute atomic E-state index is 0.280. The van der Waals surface area contributed by atoms with Crippen LogP contribution in [0.1, 0.15) is 18.0 Å². The van der Waals surface area contributed by atoms with Gasteiger partial charge in [-0.3, -0.25) is 4.98 Å². The van der Waals surface area contributed by atoms with Crippen molar-refractivity contribution in [1.29, 1.82) is 0 Å². The van der Waals surface area contributed by atoms with Crippen LogP contribution in [0, 0.1) is 0 Å². The van der Waals surface area contributed by atoms with E-state index in [4.69, 9.17) is 9.72 Å². The molecule has 0 saturated carbocycles. The van der Waals surface area contributed by atoms with Gasteiger partial charge in [-0.1, -0.05) is 0 Å². The van der Waals surface area contributed by atoms with Crippen molar-refractivity contribution in [2.45, 2.75) is 18.4 Å². The lowest BCUT2D eigenvalue weighted by atomic mass is 10.0.